The molecule has 0 unspecified atom stereocenters. The van der Waals surface area contributed by atoms with Crippen LogP contribution in [0, 0.1) is 5.82 Å². The van der Waals surface area contributed by atoms with Crippen molar-refractivity contribution in [3.05, 3.63) is 93.9 Å². The Balaban J connectivity index is 1.74. The minimum atomic E-state index is -0.398. The number of benzene rings is 1. The largest absolute Gasteiger partial charge is 0.347 e. The highest BCUT2D eigenvalue weighted by Gasteiger charge is 2.10. The highest BCUT2D eigenvalue weighted by molar-refractivity contribution is 5.91. The molecule has 2 heterocycles. The molecule has 0 atom stereocenters. The van der Waals surface area contributed by atoms with E-state index in [4.69, 9.17) is 0 Å². The van der Waals surface area contributed by atoms with E-state index >= 15 is 0 Å². The Morgan fingerprint density at radius 2 is 1.88 bits per heavy atom. The van der Waals surface area contributed by atoms with Crippen LogP contribution in [-0.2, 0) is 13.1 Å². The van der Waals surface area contributed by atoms with Crippen LogP contribution in [0.25, 0.3) is 0 Å². The molecule has 0 saturated carbocycles. The Hall–Kier alpha value is -3.35. The van der Waals surface area contributed by atoms with Gasteiger partial charge in [0.05, 0.1) is 6.54 Å². The molecule has 2 aromatic heterocycles. The lowest BCUT2D eigenvalue weighted by Crippen LogP contribution is -2.29. The summed E-state index contributed by atoms with van der Waals surface area (Å²) in [6.07, 6.45) is 3.28. The molecule has 1 aromatic carbocycles. The van der Waals surface area contributed by atoms with Gasteiger partial charge in [0.15, 0.2) is 0 Å². The molecule has 0 spiro atoms. The Kier molecular flexibility index (Phi) is 4.94. The van der Waals surface area contributed by atoms with Crippen molar-refractivity contribution >= 4 is 5.91 Å². The van der Waals surface area contributed by atoms with E-state index in [9.17, 15) is 14.0 Å². The average Bonchev–Trinajstić information content (AvgIpc) is 2.62. The van der Waals surface area contributed by atoms with Gasteiger partial charge in [0, 0.05) is 25.0 Å². The molecule has 0 radical (unpaired) electrons. The van der Waals surface area contributed by atoms with Crippen molar-refractivity contribution in [1.29, 1.82) is 0 Å². The first-order chi connectivity index (χ1) is 12.1. The van der Waals surface area contributed by atoms with Gasteiger partial charge in [0.25, 0.3) is 11.5 Å². The van der Waals surface area contributed by atoms with Crippen molar-refractivity contribution in [3.63, 3.8) is 0 Å². The molecule has 6 nitrogen and oxygen atoms in total. The number of hydrogen-bond acceptors (Lipinski definition) is 4. The van der Waals surface area contributed by atoms with Crippen LogP contribution in [0.1, 0.15) is 21.6 Å². The summed E-state index contributed by atoms with van der Waals surface area (Å²) >= 11 is 0. The third-order valence-corrected chi connectivity index (χ3v) is 3.52. The second-order valence-corrected chi connectivity index (χ2v) is 5.38. The van der Waals surface area contributed by atoms with Crippen LogP contribution >= 0.6 is 0 Å². The molecule has 3 aromatic rings. The van der Waals surface area contributed by atoms with Crippen molar-refractivity contribution < 1.29 is 9.18 Å². The van der Waals surface area contributed by atoms with E-state index in [1.165, 1.54) is 24.3 Å². The van der Waals surface area contributed by atoms with Crippen LogP contribution < -0.4 is 10.9 Å². The first kappa shape index (κ1) is 16.5. The molecular weight excluding hydrogens is 323 g/mol. The summed E-state index contributed by atoms with van der Waals surface area (Å²) in [5, 5.41) is 6.80. The van der Waals surface area contributed by atoms with E-state index < -0.39 is 11.7 Å². The monoisotopic (exact) mass is 338 g/mol. The van der Waals surface area contributed by atoms with E-state index in [0.29, 0.717) is 12.1 Å². The minimum Gasteiger partial charge on any atom is -0.347 e. The van der Waals surface area contributed by atoms with E-state index in [1.54, 1.807) is 36.7 Å². The van der Waals surface area contributed by atoms with Gasteiger partial charge in [0.1, 0.15) is 11.5 Å². The Labute approximate surface area is 143 Å². The fourth-order valence-electron chi connectivity index (χ4n) is 2.27. The molecule has 0 saturated heterocycles. The van der Waals surface area contributed by atoms with Crippen molar-refractivity contribution in [2.45, 2.75) is 13.1 Å². The van der Waals surface area contributed by atoms with Gasteiger partial charge in [-0.2, -0.15) is 5.10 Å². The number of carbonyl (C=O) groups is 1. The van der Waals surface area contributed by atoms with Crippen LogP contribution in [0.5, 0.6) is 0 Å². The molecule has 1 N–H and O–H groups in total. The number of nitrogens with zero attached hydrogens (tertiary/aromatic N) is 3. The molecule has 0 aliphatic heterocycles. The molecule has 126 valence electrons. The number of halogens is 1. The van der Waals surface area contributed by atoms with Gasteiger partial charge in [-0.1, -0.05) is 12.1 Å². The van der Waals surface area contributed by atoms with Crippen molar-refractivity contribution in [2.24, 2.45) is 0 Å². The lowest BCUT2D eigenvalue weighted by Gasteiger charge is -2.08. The molecule has 7 heteroatoms. The first-order valence-electron chi connectivity index (χ1n) is 7.61. The first-order valence-corrected chi connectivity index (χ1v) is 7.61. The summed E-state index contributed by atoms with van der Waals surface area (Å²) in [5.41, 5.74) is 1.24. The second-order valence-electron chi connectivity index (χ2n) is 5.38. The van der Waals surface area contributed by atoms with Crippen molar-refractivity contribution in [2.75, 3.05) is 0 Å². The van der Waals surface area contributed by atoms with Gasteiger partial charge in [-0.15, -0.1) is 0 Å². The van der Waals surface area contributed by atoms with E-state index in [2.05, 4.69) is 15.4 Å². The molecule has 3 rings (SSSR count). The van der Waals surface area contributed by atoms with Gasteiger partial charge >= 0.3 is 0 Å². The van der Waals surface area contributed by atoms with Crippen molar-refractivity contribution in [1.82, 2.24) is 20.1 Å². The zero-order valence-corrected chi connectivity index (χ0v) is 13.2. The third kappa shape index (κ3) is 4.35. The van der Waals surface area contributed by atoms with Crippen LogP contribution in [0.4, 0.5) is 4.39 Å². The summed E-state index contributed by atoms with van der Waals surface area (Å²) in [6, 6.07) is 12.1. The number of hydrogen-bond donors (Lipinski definition) is 1. The van der Waals surface area contributed by atoms with Gasteiger partial charge in [0.2, 0.25) is 0 Å². The number of amides is 1. The van der Waals surface area contributed by atoms with Gasteiger partial charge in [-0.05, 0) is 41.5 Å². The fourth-order valence-corrected chi connectivity index (χ4v) is 2.27. The SMILES string of the molecule is O=C(NCc1ccncc1)c1ccc(=O)n(Cc2cccc(F)c2)n1. The quantitative estimate of drug-likeness (QED) is 0.769. The van der Waals surface area contributed by atoms with E-state index in [0.717, 1.165) is 10.2 Å². The second kappa shape index (κ2) is 7.48. The van der Waals surface area contributed by atoms with Crippen LogP contribution in [0.3, 0.4) is 0 Å². The molecular formula is C18H15FN4O2. The number of nitrogens with one attached hydrogen (secondary N) is 1. The summed E-state index contributed by atoms with van der Waals surface area (Å²) in [5.74, 6) is -0.790. The smallest absolute Gasteiger partial charge is 0.271 e. The number of rotatable bonds is 5. The van der Waals surface area contributed by atoms with Gasteiger partial charge in [-0.25, -0.2) is 9.07 Å². The van der Waals surface area contributed by atoms with Crippen LogP contribution in [0.2, 0.25) is 0 Å². The number of carbonyl (C=O) groups excluding carboxylic acids is 1. The van der Waals surface area contributed by atoms with Crippen LogP contribution in [0.15, 0.2) is 65.7 Å². The maximum Gasteiger partial charge on any atom is 0.271 e. The van der Waals surface area contributed by atoms with E-state index in [1.807, 2.05) is 0 Å². The Morgan fingerprint density at radius 1 is 1.08 bits per heavy atom. The fraction of sp³-hybridized carbons (Fsp3) is 0.111. The summed E-state index contributed by atoms with van der Waals surface area (Å²) < 4.78 is 14.4. The maximum atomic E-state index is 13.3. The number of aromatic nitrogens is 3. The summed E-state index contributed by atoms with van der Waals surface area (Å²) in [4.78, 5) is 28.1. The van der Waals surface area contributed by atoms with E-state index in [-0.39, 0.29) is 17.8 Å². The average molecular weight is 338 g/mol. The standard InChI is InChI=1S/C18H15FN4O2/c19-15-3-1-2-14(10-15)12-23-17(24)5-4-16(22-23)18(25)21-11-13-6-8-20-9-7-13/h1-10H,11-12H2,(H,21,25). The summed E-state index contributed by atoms with van der Waals surface area (Å²) in [6.45, 7) is 0.411. The lowest BCUT2D eigenvalue weighted by molar-refractivity contribution is 0.0943. The van der Waals surface area contributed by atoms with Gasteiger partial charge in [-0.3, -0.25) is 14.6 Å². The zero-order valence-electron chi connectivity index (χ0n) is 13.2. The normalized spacial score (nSPS) is 10.4. The number of pyridine rings is 1. The predicted molar refractivity (Wildman–Crippen MR) is 89.4 cm³/mol. The highest BCUT2D eigenvalue weighted by atomic mass is 19.1. The molecule has 0 fully saturated rings. The maximum absolute atomic E-state index is 13.3. The molecule has 0 aliphatic rings. The summed E-state index contributed by atoms with van der Waals surface area (Å²) in [7, 11) is 0. The van der Waals surface area contributed by atoms with Crippen molar-refractivity contribution in [3.8, 4) is 0 Å². The molecule has 25 heavy (non-hydrogen) atoms. The predicted octanol–water partition coefficient (Wildman–Crippen LogP) is 1.76. The molecule has 0 aliphatic carbocycles. The Morgan fingerprint density at radius 3 is 2.64 bits per heavy atom. The topological polar surface area (TPSA) is 76.9 Å². The van der Waals surface area contributed by atoms with Crippen LogP contribution in [-0.4, -0.2) is 20.7 Å². The zero-order chi connectivity index (χ0) is 17.6. The highest BCUT2D eigenvalue weighted by Crippen LogP contribution is 2.04. The third-order valence-electron chi connectivity index (χ3n) is 3.52. The van der Waals surface area contributed by atoms with Gasteiger partial charge < -0.3 is 5.32 Å². The lowest BCUT2D eigenvalue weighted by atomic mass is 10.2. The molecule has 1 amide bonds. The molecule has 0 bridgehead atoms. The minimum absolute atomic E-state index is 0.0854. The Bertz CT molecular complexity index is 941.